The van der Waals surface area contributed by atoms with Gasteiger partial charge in [-0.25, -0.2) is 8.78 Å². The zero-order valence-corrected chi connectivity index (χ0v) is 15.3. The molecule has 1 N–H and O–H groups in total. The van der Waals surface area contributed by atoms with Gasteiger partial charge in [-0.05, 0) is 47.2 Å². The summed E-state index contributed by atoms with van der Waals surface area (Å²) in [5.41, 5.74) is 1.39. The largest absolute Gasteiger partial charge is 0.494 e. The van der Waals surface area contributed by atoms with Crippen LogP contribution in [-0.2, 0) is 4.79 Å². The number of hydrogen-bond donors (Lipinski definition) is 1. The maximum absolute atomic E-state index is 13.6. The number of aromatic nitrogens is 4. The van der Waals surface area contributed by atoms with E-state index in [4.69, 9.17) is 4.74 Å². The second-order valence-electron chi connectivity index (χ2n) is 5.51. The number of thioether (sulfide) groups is 1. The van der Waals surface area contributed by atoms with Gasteiger partial charge < -0.3 is 10.1 Å². The molecule has 2 aromatic carbocycles. The fraction of sp³-hybridized carbons (Fsp3) is 0.176. The molecule has 0 saturated heterocycles. The first-order chi connectivity index (χ1) is 13.0. The average molecular weight is 391 g/mol. The number of nitrogens with zero attached hydrogens (tertiary/aromatic N) is 4. The molecule has 1 amide bonds. The molecule has 10 heteroatoms. The zero-order valence-electron chi connectivity index (χ0n) is 14.4. The number of amides is 1. The summed E-state index contributed by atoms with van der Waals surface area (Å²) in [6, 6.07) is 8.37. The molecular weight excluding hydrogens is 376 g/mol. The predicted molar refractivity (Wildman–Crippen MR) is 96.2 cm³/mol. The molecular formula is C17H15F2N5O2S. The molecule has 140 valence electrons. The third kappa shape index (κ3) is 4.40. The Balaban J connectivity index is 1.73. The van der Waals surface area contributed by atoms with Gasteiger partial charge in [0, 0.05) is 6.07 Å². The maximum Gasteiger partial charge on any atom is 0.234 e. The van der Waals surface area contributed by atoms with E-state index < -0.39 is 17.5 Å². The van der Waals surface area contributed by atoms with Crippen molar-refractivity contribution in [2.45, 2.75) is 12.1 Å². The van der Waals surface area contributed by atoms with E-state index in [1.807, 2.05) is 19.1 Å². The Labute approximate surface area is 157 Å². The van der Waals surface area contributed by atoms with Gasteiger partial charge in [-0.2, -0.15) is 4.68 Å². The number of benzene rings is 2. The highest BCUT2D eigenvalue weighted by atomic mass is 32.2. The molecule has 0 fully saturated rings. The minimum atomic E-state index is -0.718. The molecule has 0 atom stereocenters. The van der Waals surface area contributed by atoms with Gasteiger partial charge in [0.25, 0.3) is 0 Å². The van der Waals surface area contributed by atoms with Crippen LogP contribution in [0, 0.1) is 18.6 Å². The second-order valence-corrected chi connectivity index (χ2v) is 6.45. The van der Waals surface area contributed by atoms with Crippen LogP contribution in [0.2, 0.25) is 0 Å². The number of tetrazole rings is 1. The number of rotatable bonds is 6. The average Bonchev–Trinajstić information content (AvgIpc) is 3.11. The Bertz CT molecular complexity index is 980. The number of nitrogens with one attached hydrogen (secondary N) is 1. The van der Waals surface area contributed by atoms with E-state index in [2.05, 4.69) is 20.8 Å². The molecule has 0 aliphatic carbocycles. The van der Waals surface area contributed by atoms with Gasteiger partial charge in [0.2, 0.25) is 11.1 Å². The van der Waals surface area contributed by atoms with Crippen LogP contribution in [0.15, 0.2) is 41.6 Å². The van der Waals surface area contributed by atoms with Crippen molar-refractivity contribution in [1.29, 1.82) is 0 Å². The zero-order chi connectivity index (χ0) is 19.4. The lowest BCUT2D eigenvalue weighted by Crippen LogP contribution is -2.16. The van der Waals surface area contributed by atoms with E-state index in [0.29, 0.717) is 16.6 Å². The van der Waals surface area contributed by atoms with Crippen LogP contribution in [0.25, 0.3) is 5.69 Å². The number of anilines is 1. The second kappa shape index (κ2) is 8.12. The fourth-order valence-electron chi connectivity index (χ4n) is 2.30. The number of ether oxygens (including phenoxy) is 1. The number of carbonyl (C=O) groups is 1. The fourth-order valence-corrected chi connectivity index (χ4v) is 2.98. The summed E-state index contributed by atoms with van der Waals surface area (Å²) in [6.45, 7) is 1.92. The van der Waals surface area contributed by atoms with Gasteiger partial charge in [-0.15, -0.1) is 5.10 Å². The van der Waals surface area contributed by atoms with Crippen molar-refractivity contribution in [3.8, 4) is 11.4 Å². The molecule has 27 heavy (non-hydrogen) atoms. The Morgan fingerprint density at radius 3 is 2.85 bits per heavy atom. The first-order valence-corrected chi connectivity index (χ1v) is 8.77. The van der Waals surface area contributed by atoms with Gasteiger partial charge in [0.15, 0.2) is 0 Å². The summed E-state index contributed by atoms with van der Waals surface area (Å²) >= 11 is 1.05. The Morgan fingerprint density at radius 2 is 2.07 bits per heavy atom. The Kier molecular flexibility index (Phi) is 5.65. The highest BCUT2D eigenvalue weighted by Gasteiger charge is 2.16. The van der Waals surface area contributed by atoms with Crippen LogP contribution >= 0.6 is 11.8 Å². The van der Waals surface area contributed by atoms with Crippen molar-refractivity contribution in [1.82, 2.24) is 20.2 Å². The van der Waals surface area contributed by atoms with Crippen LogP contribution in [0.5, 0.6) is 5.75 Å². The number of methoxy groups -OCH3 is 1. The van der Waals surface area contributed by atoms with Crippen molar-refractivity contribution in [3.63, 3.8) is 0 Å². The Morgan fingerprint density at radius 1 is 1.26 bits per heavy atom. The number of halogens is 2. The lowest BCUT2D eigenvalue weighted by Gasteiger charge is -2.10. The van der Waals surface area contributed by atoms with Crippen LogP contribution in [0.4, 0.5) is 14.5 Å². The third-order valence-electron chi connectivity index (χ3n) is 3.54. The molecule has 1 aromatic heterocycles. The molecule has 3 aromatic rings. The Hall–Kier alpha value is -3.01. The van der Waals surface area contributed by atoms with Crippen molar-refractivity contribution < 1.29 is 18.3 Å². The molecule has 0 radical (unpaired) electrons. The maximum atomic E-state index is 13.6. The minimum absolute atomic E-state index is 0.0928. The van der Waals surface area contributed by atoms with Crippen LogP contribution in [-0.4, -0.2) is 39.0 Å². The molecule has 7 nitrogen and oxygen atoms in total. The highest BCUT2D eigenvalue weighted by molar-refractivity contribution is 7.99. The summed E-state index contributed by atoms with van der Waals surface area (Å²) in [5.74, 6) is -1.40. The third-order valence-corrected chi connectivity index (χ3v) is 4.46. The van der Waals surface area contributed by atoms with E-state index in [1.165, 1.54) is 11.8 Å². The van der Waals surface area contributed by atoms with E-state index in [0.717, 1.165) is 35.5 Å². The standard InChI is InChI=1S/C17H15F2N5O2S/c1-10-3-6-15(26-2)14(7-10)24-17(21-22-23-24)27-9-16(25)20-13-8-11(18)4-5-12(13)19/h3-8H,9H2,1-2H3,(H,20,25). The van der Waals surface area contributed by atoms with Gasteiger partial charge in [0.05, 0.1) is 18.6 Å². The topological polar surface area (TPSA) is 81.9 Å². The van der Waals surface area contributed by atoms with Crippen molar-refractivity contribution in [2.24, 2.45) is 0 Å². The molecule has 0 saturated carbocycles. The van der Waals surface area contributed by atoms with E-state index in [9.17, 15) is 13.6 Å². The molecule has 0 unspecified atom stereocenters. The molecule has 3 rings (SSSR count). The molecule has 0 bridgehead atoms. The van der Waals surface area contributed by atoms with Gasteiger partial charge >= 0.3 is 0 Å². The SMILES string of the molecule is COc1ccc(C)cc1-n1nnnc1SCC(=O)Nc1cc(F)ccc1F. The van der Waals surface area contributed by atoms with Crippen LogP contribution in [0.1, 0.15) is 5.56 Å². The van der Waals surface area contributed by atoms with Crippen LogP contribution < -0.4 is 10.1 Å². The lowest BCUT2D eigenvalue weighted by molar-refractivity contribution is -0.113. The first-order valence-electron chi connectivity index (χ1n) is 7.79. The predicted octanol–water partition coefficient (Wildman–Crippen LogP) is 2.99. The van der Waals surface area contributed by atoms with E-state index >= 15 is 0 Å². The van der Waals surface area contributed by atoms with Gasteiger partial charge in [0.1, 0.15) is 23.1 Å². The molecule has 0 spiro atoms. The van der Waals surface area contributed by atoms with Crippen molar-refractivity contribution >= 4 is 23.4 Å². The minimum Gasteiger partial charge on any atom is -0.494 e. The molecule has 1 heterocycles. The number of aryl methyl sites for hydroxylation is 1. The van der Waals surface area contributed by atoms with Gasteiger partial charge in [-0.3, -0.25) is 4.79 Å². The smallest absolute Gasteiger partial charge is 0.234 e. The summed E-state index contributed by atoms with van der Waals surface area (Å²) in [6.07, 6.45) is 0. The number of hydrogen-bond acceptors (Lipinski definition) is 6. The summed E-state index contributed by atoms with van der Waals surface area (Å²) in [4.78, 5) is 12.1. The van der Waals surface area contributed by atoms with Crippen molar-refractivity contribution in [3.05, 3.63) is 53.6 Å². The molecule has 0 aliphatic rings. The van der Waals surface area contributed by atoms with E-state index in [1.54, 1.807) is 6.07 Å². The van der Waals surface area contributed by atoms with Gasteiger partial charge in [-0.1, -0.05) is 17.8 Å². The highest BCUT2D eigenvalue weighted by Crippen LogP contribution is 2.27. The van der Waals surface area contributed by atoms with Crippen molar-refractivity contribution in [2.75, 3.05) is 18.2 Å². The molecule has 0 aliphatic heterocycles. The quantitative estimate of drug-likeness (QED) is 0.651. The summed E-state index contributed by atoms with van der Waals surface area (Å²) in [7, 11) is 1.53. The van der Waals surface area contributed by atoms with Crippen LogP contribution in [0.3, 0.4) is 0 Å². The normalized spacial score (nSPS) is 10.7. The lowest BCUT2D eigenvalue weighted by atomic mass is 10.2. The number of carbonyl (C=O) groups excluding carboxylic acids is 1. The van der Waals surface area contributed by atoms with E-state index in [-0.39, 0.29) is 11.4 Å². The monoisotopic (exact) mass is 391 g/mol. The first kappa shape index (κ1) is 18.8. The summed E-state index contributed by atoms with van der Waals surface area (Å²) in [5, 5.41) is 14.2. The summed E-state index contributed by atoms with van der Waals surface area (Å²) < 4.78 is 33.6.